The number of benzene rings is 2. The molecule has 9 heteroatoms. The average Bonchev–Trinajstić information content (AvgIpc) is 2.73. The number of carboxylic acid groups (broad SMARTS) is 1. The van der Waals surface area contributed by atoms with E-state index in [2.05, 4.69) is 4.72 Å². The number of carboxylic acids is 1. The molecule has 1 heterocycles. The second kappa shape index (κ2) is 10.7. The van der Waals surface area contributed by atoms with Crippen molar-refractivity contribution in [3.8, 4) is 0 Å². The van der Waals surface area contributed by atoms with Crippen molar-refractivity contribution in [3.05, 3.63) is 81.5 Å². The van der Waals surface area contributed by atoms with E-state index in [4.69, 9.17) is 33.0 Å². The average molecular weight is 467 g/mol. The molecule has 1 unspecified atom stereocenters. The number of halogens is 2. The van der Waals surface area contributed by atoms with Gasteiger partial charge < -0.3 is 14.1 Å². The summed E-state index contributed by atoms with van der Waals surface area (Å²) < 4.78 is 10.5. The van der Waals surface area contributed by atoms with Crippen LogP contribution in [0, 0.1) is 0 Å². The number of ether oxygens (including phenoxy) is 1. The molecule has 6 nitrogen and oxygen atoms in total. The van der Waals surface area contributed by atoms with Crippen LogP contribution in [0.3, 0.4) is 0 Å². The molecule has 0 bridgehead atoms. The smallest absolute Gasteiger partial charge is 0.337 e. The summed E-state index contributed by atoms with van der Waals surface area (Å²) in [4.78, 5) is 23.7. The summed E-state index contributed by atoms with van der Waals surface area (Å²) in [6.45, 7) is 0.602. The molecule has 3 rings (SSSR count). The Bertz CT molecular complexity index is 940. The zero-order valence-corrected chi connectivity index (χ0v) is 18.2. The summed E-state index contributed by atoms with van der Waals surface area (Å²) in [6, 6.07) is 14.0. The molecule has 2 aromatic rings. The lowest BCUT2D eigenvalue weighted by molar-refractivity contribution is -0.141. The highest BCUT2D eigenvalue weighted by atomic mass is 35.5. The van der Waals surface area contributed by atoms with Gasteiger partial charge in [0.25, 0.3) is 0 Å². The lowest BCUT2D eigenvalue weighted by atomic mass is 10.00. The fourth-order valence-corrected chi connectivity index (χ4v) is 4.28. The first kappa shape index (κ1) is 22.5. The molecule has 158 valence electrons. The largest absolute Gasteiger partial charge is 0.481 e. The number of hydrogen-bond donors (Lipinski definition) is 2. The van der Waals surface area contributed by atoms with Crippen LogP contribution < -0.4 is 4.72 Å². The van der Waals surface area contributed by atoms with Crippen LogP contribution in [-0.2, 0) is 20.9 Å². The summed E-state index contributed by atoms with van der Waals surface area (Å²) in [6.07, 6.45) is 2.18. The molecule has 0 saturated carbocycles. The van der Waals surface area contributed by atoms with Gasteiger partial charge in [-0.2, -0.15) is 0 Å². The molecule has 1 atom stereocenters. The Labute approximate surface area is 189 Å². The number of carbonyl (C=O) groups is 2. The Hall–Kier alpha value is -2.19. The molecule has 2 aromatic carbocycles. The van der Waals surface area contributed by atoms with Gasteiger partial charge in [-0.3, -0.25) is 4.79 Å². The molecule has 0 saturated heterocycles. The number of nitrogens with zero attached hydrogens (tertiary/aromatic N) is 1. The van der Waals surface area contributed by atoms with E-state index in [-0.39, 0.29) is 13.0 Å². The van der Waals surface area contributed by atoms with E-state index in [1.54, 1.807) is 28.7 Å². The van der Waals surface area contributed by atoms with E-state index >= 15 is 0 Å². The number of aliphatic carboxylic acids is 1. The first-order valence-corrected chi connectivity index (χ1v) is 10.8. The van der Waals surface area contributed by atoms with Crippen LogP contribution >= 0.6 is 35.3 Å². The number of esters is 1. The predicted molar refractivity (Wildman–Crippen MR) is 118 cm³/mol. The van der Waals surface area contributed by atoms with Gasteiger partial charge in [0.1, 0.15) is 6.61 Å². The SMILES string of the molecule is O=C(O)CCCN1C=C(C(=O)OCc2ccccc2)C(c2ccc(Cl)cc2Cl)NS1. The minimum Gasteiger partial charge on any atom is -0.481 e. The van der Waals surface area contributed by atoms with Crippen molar-refractivity contribution in [1.82, 2.24) is 9.03 Å². The van der Waals surface area contributed by atoms with Gasteiger partial charge in [0.15, 0.2) is 0 Å². The van der Waals surface area contributed by atoms with Crippen LogP contribution in [0.25, 0.3) is 0 Å². The summed E-state index contributed by atoms with van der Waals surface area (Å²) in [7, 11) is 0. The molecule has 2 N–H and O–H groups in total. The molecular formula is C21H20Cl2N2O4S. The number of carbonyl (C=O) groups excluding carboxylic acids is 1. The highest BCUT2D eigenvalue weighted by Crippen LogP contribution is 2.36. The van der Waals surface area contributed by atoms with Gasteiger partial charge >= 0.3 is 11.9 Å². The zero-order chi connectivity index (χ0) is 21.5. The standard InChI is InChI=1S/C21H20Cl2N2O4S/c22-15-8-9-16(18(23)11-15)20-17(12-25(30-24-20)10-4-7-19(26)27)21(28)29-13-14-5-2-1-3-6-14/h1-3,5-6,8-9,11-12,20,24H,4,7,10,13H2,(H,26,27). The van der Waals surface area contributed by atoms with Crippen molar-refractivity contribution >= 4 is 47.3 Å². The number of rotatable bonds is 8. The van der Waals surface area contributed by atoms with Crippen molar-refractivity contribution in [2.24, 2.45) is 0 Å². The molecule has 1 aliphatic heterocycles. The second-order valence-electron chi connectivity index (χ2n) is 6.59. The van der Waals surface area contributed by atoms with Gasteiger partial charge in [-0.1, -0.05) is 59.6 Å². The third-order valence-electron chi connectivity index (χ3n) is 4.37. The van der Waals surface area contributed by atoms with Crippen LogP contribution in [0.2, 0.25) is 10.0 Å². The molecule has 0 amide bonds. The quantitative estimate of drug-likeness (QED) is 0.418. The van der Waals surface area contributed by atoms with Gasteiger partial charge in [-0.05, 0) is 29.7 Å². The highest BCUT2D eigenvalue weighted by molar-refractivity contribution is 7.95. The Morgan fingerprint density at radius 1 is 1.17 bits per heavy atom. The maximum Gasteiger partial charge on any atom is 0.337 e. The van der Waals surface area contributed by atoms with E-state index in [9.17, 15) is 9.59 Å². The Balaban J connectivity index is 1.80. The van der Waals surface area contributed by atoms with Gasteiger partial charge in [0.2, 0.25) is 0 Å². The summed E-state index contributed by atoms with van der Waals surface area (Å²) in [5, 5.41) is 9.78. The molecule has 0 aliphatic carbocycles. The van der Waals surface area contributed by atoms with E-state index in [1.165, 1.54) is 12.1 Å². The Kier molecular flexibility index (Phi) is 8.04. The van der Waals surface area contributed by atoms with Crippen LogP contribution in [0.4, 0.5) is 0 Å². The minimum absolute atomic E-state index is 0.0468. The minimum atomic E-state index is -0.859. The van der Waals surface area contributed by atoms with Gasteiger partial charge in [0.05, 0.1) is 11.6 Å². The predicted octanol–water partition coefficient (Wildman–Crippen LogP) is 5.00. The van der Waals surface area contributed by atoms with Crippen LogP contribution in [-0.4, -0.2) is 27.9 Å². The molecule has 0 aromatic heterocycles. The molecule has 0 fully saturated rings. The van der Waals surface area contributed by atoms with Gasteiger partial charge in [-0.25, -0.2) is 9.52 Å². The summed E-state index contributed by atoms with van der Waals surface area (Å²) >= 11 is 13.7. The first-order chi connectivity index (χ1) is 14.4. The third-order valence-corrected chi connectivity index (χ3v) is 5.80. The summed E-state index contributed by atoms with van der Waals surface area (Å²) in [5.41, 5.74) is 1.95. The van der Waals surface area contributed by atoms with E-state index in [0.29, 0.717) is 34.1 Å². The lowest BCUT2D eigenvalue weighted by Gasteiger charge is -2.31. The maximum atomic E-state index is 12.9. The van der Waals surface area contributed by atoms with Crippen LogP contribution in [0.15, 0.2) is 60.3 Å². The number of nitrogens with one attached hydrogen (secondary N) is 1. The van der Waals surface area contributed by atoms with Crippen molar-refractivity contribution in [3.63, 3.8) is 0 Å². The molecule has 1 aliphatic rings. The zero-order valence-electron chi connectivity index (χ0n) is 15.9. The maximum absolute atomic E-state index is 12.9. The fourth-order valence-electron chi connectivity index (χ4n) is 2.88. The fraction of sp³-hybridized carbons (Fsp3) is 0.238. The van der Waals surface area contributed by atoms with Gasteiger partial charge in [0, 0.05) is 41.3 Å². The number of hydrogen-bond acceptors (Lipinski definition) is 6. The Morgan fingerprint density at radius 2 is 1.93 bits per heavy atom. The van der Waals surface area contributed by atoms with Crippen molar-refractivity contribution in [2.45, 2.75) is 25.5 Å². The first-order valence-electron chi connectivity index (χ1n) is 9.22. The Morgan fingerprint density at radius 3 is 2.63 bits per heavy atom. The van der Waals surface area contributed by atoms with E-state index in [1.807, 2.05) is 30.3 Å². The second-order valence-corrected chi connectivity index (χ2v) is 8.32. The van der Waals surface area contributed by atoms with Crippen LogP contribution in [0.1, 0.15) is 30.0 Å². The van der Waals surface area contributed by atoms with E-state index < -0.39 is 18.0 Å². The third kappa shape index (κ3) is 6.15. The van der Waals surface area contributed by atoms with Crippen molar-refractivity contribution < 1.29 is 19.4 Å². The molecule has 0 spiro atoms. The summed E-state index contributed by atoms with van der Waals surface area (Å²) in [5.74, 6) is -1.34. The molecule has 30 heavy (non-hydrogen) atoms. The topological polar surface area (TPSA) is 78.9 Å². The molecular weight excluding hydrogens is 447 g/mol. The van der Waals surface area contributed by atoms with Crippen LogP contribution in [0.5, 0.6) is 0 Å². The highest BCUT2D eigenvalue weighted by Gasteiger charge is 2.30. The van der Waals surface area contributed by atoms with Gasteiger partial charge in [-0.15, -0.1) is 0 Å². The monoisotopic (exact) mass is 466 g/mol. The van der Waals surface area contributed by atoms with E-state index in [0.717, 1.165) is 5.56 Å². The normalized spacial score (nSPS) is 16.1. The molecule has 0 radical (unpaired) electrons. The van der Waals surface area contributed by atoms with Crippen molar-refractivity contribution in [2.75, 3.05) is 6.54 Å². The van der Waals surface area contributed by atoms with Crippen molar-refractivity contribution in [1.29, 1.82) is 0 Å². The lowest BCUT2D eigenvalue weighted by Crippen LogP contribution is -2.32.